The number of rotatable bonds is 7. The Bertz CT molecular complexity index is 984. The lowest BCUT2D eigenvalue weighted by Gasteiger charge is -2.16. The summed E-state index contributed by atoms with van der Waals surface area (Å²) in [5, 5.41) is 16.7. The number of carboxylic acid groups (broad SMARTS) is 2. The maximum atomic E-state index is 12.2. The van der Waals surface area contributed by atoms with Crippen LogP contribution in [-0.4, -0.2) is 73.4 Å². The minimum absolute atomic E-state index is 0.0989. The van der Waals surface area contributed by atoms with E-state index in [0.29, 0.717) is 13.1 Å². The van der Waals surface area contributed by atoms with Crippen LogP contribution in [0.15, 0.2) is 24.5 Å². The van der Waals surface area contributed by atoms with Gasteiger partial charge in [-0.3, -0.25) is 9.59 Å². The van der Waals surface area contributed by atoms with E-state index < -0.39 is 0 Å². The Labute approximate surface area is 189 Å². The van der Waals surface area contributed by atoms with Crippen molar-refractivity contribution in [3.05, 3.63) is 47.3 Å². The summed E-state index contributed by atoms with van der Waals surface area (Å²) in [5.41, 5.74) is 5.27. The molecule has 5 N–H and O–H groups in total. The second-order valence-corrected chi connectivity index (χ2v) is 7.63. The third kappa shape index (κ3) is 9.08. The smallest absolute Gasteiger partial charge is 0.317 e. The van der Waals surface area contributed by atoms with Gasteiger partial charge in [-0.1, -0.05) is 6.07 Å². The molecule has 3 rings (SSSR count). The highest BCUT2D eigenvalue weighted by Crippen LogP contribution is 2.14. The Kier molecular flexibility index (Phi) is 12.0. The highest BCUT2D eigenvalue weighted by molar-refractivity contribution is 7.98. The minimum Gasteiger partial charge on any atom is -0.483 e. The first kappa shape index (κ1) is 26.5. The lowest BCUT2D eigenvalue weighted by molar-refractivity contribution is -0.123. The van der Waals surface area contributed by atoms with Gasteiger partial charge in [0, 0.05) is 30.8 Å². The van der Waals surface area contributed by atoms with E-state index in [0.717, 1.165) is 39.8 Å². The summed E-state index contributed by atoms with van der Waals surface area (Å²) in [6, 6.07) is 5.98. The van der Waals surface area contributed by atoms with Gasteiger partial charge >= 0.3 is 6.03 Å². The highest BCUT2D eigenvalue weighted by Gasteiger charge is 2.11. The van der Waals surface area contributed by atoms with Crippen molar-refractivity contribution in [2.45, 2.75) is 26.1 Å². The van der Waals surface area contributed by atoms with Crippen LogP contribution in [0.3, 0.4) is 0 Å². The van der Waals surface area contributed by atoms with E-state index in [4.69, 9.17) is 19.8 Å². The van der Waals surface area contributed by atoms with Gasteiger partial charge in [0.25, 0.3) is 12.9 Å². The number of benzene rings is 1. The predicted molar refractivity (Wildman–Crippen MR) is 123 cm³/mol. The van der Waals surface area contributed by atoms with Crippen LogP contribution in [0.2, 0.25) is 0 Å². The molecule has 2 amide bonds. The molecule has 0 saturated carbocycles. The van der Waals surface area contributed by atoms with Crippen LogP contribution in [0, 0.1) is 13.8 Å². The van der Waals surface area contributed by atoms with Crippen LogP contribution < -0.4 is 5.32 Å². The number of aryl methyl sites for hydroxylation is 2. The van der Waals surface area contributed by atoms with Gasteiger partial charge in [0.2, 0.25) is 0 Å². The summed E-state index contributed by atoms with van der Waals surface area (Å²) in [5.74, 6) is 2.47. The Morgan fingerprint density at radius 1 is 1.25 bits per heavy atom. The number of nitrogens with one attached hydrogen (secondary N) is 3. The van der Waals surface area contributed by atoms with Gasteiger partial charge in [-0.15, -0.1) is 0 Å². The molecule has 0 spiro atoms. The summed E-state index contributed by atoms with van der Waals surface area (Å²) in [6.07, 6.45) is 1.71. The quantitative estimate of drug-likeness (QED) is 0.263. The fourth-order valence-corrected chi connectivity index (χ4v) is 3.49. The van der Waals surface area contributed by atoms with Crippen LogP contribution in [0.5, 0.6) is 0 Å². The SMILES string of the molecule is Cc1ccc2nc(CN(C)C(=O)NCCSCc3nc[nH]c3C)[nH]c2c1.O=CO.O=CO. The van der Waals surface area contributed by atoms with Gasteiger partial charge in [0.1, 0.15) is 5.82 Å². The molecule has 2 heterocycles. The fraction of sp³-hybridized carbons (Fsp3) is 0.350. The van der Waals surface area contributed by atoms with Crippen molar-refractivity contribution in [2.75, 3.05) is 19.3 Å². The number of fused-ring (bicyclic) bond motifs is 1. The molecule has 32 heavy (non-hydrogen) atoms. The van der Waals surface area contributed by atoms with Crippen molar-refractivity contribution >= 4 is 41.8 Å². The van der Waals surface area contributed by atoms with Crippen molar-refractivity contribution in [3.63, 3.8) is 0 Å². The van der Waals surface area contributed by atoms with Crippen molar-refractivity contribution in [3.8, 4) is 0 Å². The highest BCUT2D eigenvalue weighted by atomic mass is 32.2. The zero-order valence-electron chi connectivity index (χ0n) is 18.2. The lowest BCUT2D eigenvalue weighted by atomic mass is 10.2. The van der Waals surface area contributed by atoms with E-state index in [2.05, 4.69) is 31.3 Å². The average Bonchev–Trinajstić information content (AvgIpc) is 3.33. The standard InChI is InChI=1S/C18H24N6OS.2CH2O2/c1-12-4-5-14-15(8-12)23-17(22-14)9-24(3)18(25)19-6-7-26-10-16-13(2)20-11-21-16;2*2-1-3/h4-5,8,11H,6-7,9-10H2,1-3H3,(H,19,25)(H,20,21)(H,22,23);2*1H,(H,2,3). The molecule has 0 bridgehead atoms. The topological polar surface area (TPSA) is 164 Å². The maximum absolute atomic E-state index is 12.2. The Morgan fingerprint density at radius 3 is 2.56 bits per heavy atom. The first-order valence-corrected chi connectivity index (χ1v) is 10.7. The Balaban J connectivity index is 0.000000769. The number of hydrogen-bond donors (Lipinski definition) is 5. The van der Waals surface area contributed by atoms with Gasteiger partial charge < -0.3 is 30.4 Å². The second-order valence-electron chi connectivity index (χ2n) is 6.53. The number of H-pyrrole nitrogens is 2. The minimum atomic E-state index is -0.250. The van der Waals surface area contributed by atoms with E-state index >= 15 is 0 Å². The zero-order valence-corrected chi connectivity index (χ0v) is 19.0. The molecule has 0 saturated heterocycles. The second kappa shape index (κ2) is 14.5. The third-order valence-corrected chi connectivity index (χ3v) is 5.09. The molecule has 0 aliphatic carbocycles. The maximum Gasteiger partial charge on any atom is 0.317 e. The summed E-state index contributed by atoms with van der Waals surface area (Å²) >= 11 is 1.75. The number of aromatic amines is 2. The lowest BCUT2D eigenvalue weighted by Crippen LogP contribution is -2.38. The van der Waals surface area contributed by atoms with Crippen LogP contribution in [0.25, 0.3) is 11.0 Å². The Morgan fingerprint density at radius 2 is 1.94 bits per heavy atom. The van der Waals surface area contributed by atoms with Crippen LogP contribution in [0.1, 0.15) is 22.8 Å². The van der Waals surface area contributed by atoms with Crippen molar-refractivity contribution in [1.29, 1.82) is 0 Å². The summed E-state index contributed by atoms with van der Waals surface area (Å²) < 4.78 is 0. The molecule has 0 unspecified atom stereocenters. The molecule has 1 aromatic carbocycles. The average molecular weight is 465 g/mol. The molecular formula is C20H28N6O5S. The number of carbonyl (C=O) groups excluding carboxylic acids is 1. The molecule has 0 aliphatic rings. The number of thioether (sulfide) groups is 1. The summed E-state index contributed by atoms with van der Waals surface area (Å²) in [4.78, 5) is 45.7. The van der Waals surface area contributed by atoms with Crippen molar-refractivity contribution in [2.24, 2.45) is 0 Å². The molecule has 0 fully saturated rings. The number of imidazole rings is 2. The number of amides is 2. The fourth-order valence-electron chi connectivity index (χ4n) is 2.61. The number of nitrogens with zero attached hydrogens (tertiary/aromatic N) is 3. The molecule has 3 aromatic rings. The summed E-state index contributed by atoms with van der Waals surface area (Å²) in [6.45, 7) is 4.62. The molecular weight excluding hydrogens is 436 g/mol. The Hall–Kier alpha value is -3.54. The van der Waals surface area contributed by atoms with Crippen molar-refractivity contribution < 1.29 is 24.6 Å². The van der Waals surface area contributed by atoms with Gasteiger partial charge in [-0.2, -0.15) is 11.8 Å². The number of urea groups is 1. The third-order valence-electron chi connectivity index (χ3n) is 4.12. The molecule has 12 heteroatoms. The monoisotopic (exact) mass is 464 g/mol. The van der Waals surface area contributed by atoms with Gasteiger partial charge in [0.15, 0.2) is 0 Å². The molecule has 11 nitrogen and oxygen atoms in total. The summed E-state index contributed by atoms with van der Waals surface area (Å²) in [7, 11) is 1.77. The van der Waals surface area contributed by atoms with Crippen LogP contribution in [-0.2, 0) is 21.9 Å². The first-order valence-electron chi connectivity index (χ1n) is 9.52. The number of aromatic nitrogens is 4. The first-order chi connectivity index (χ1) is 15.4. The van der Waals surface area contributed by atoms with E-state index in [1.54, 1.807) is 30.0 Å². The largest absolute Gasteiger partial charge is 0.483 e. The molecule has 0 radical (unpaired) electrons. The predicted octanol–water partition coefficient (Wildman–Crippen LogP) is 2.38. The normalized spacial score (nSPS) is 9.72. The molecule has 0 atom stereocenters. The number of carbonyl (C=O) groups is 3. The van der Waals surface area contributed by atoms with Crippen LogP contribution in [0.4, 0.5) is 4.79 Å². The molecule has 174 valence electrons. The van der Waals surface area contributed by atoms with Gasteiger partial charge in [-0.05, 0) is 31.5 Å². The van der Waals surface area contributed by atoms with E-state index in [9.17, 15) is 4.79 Å². The van der Waals surface area contributed by atoms with Gasteiger partial charge in [-0.25, -0.2) is 14.8 Å². The van der Waals surface area contributed by atoms with Gasteiger partial charge in [0.05, 0.1) is 29.6 Å². The molecule has 2 aromatic heterocycles. The van der Waals surface area contributed by atoms with Crippen LogP contribution >= 0.6 is 11.8 Å². The van der Waals surface area contributed by atoms with E-state index in [1.807, 2.05) is 26.0 Å². The molecule has 0 aliphatic heterocycles. The zero-order chi connectivity index (χ0) is 23.9. The van der Waals surface area contributed by atoms with E-state index in [-0.39, 0.29) is 19.0 Å². The van der Waals surface area contributed by atoms with Crippen molar-refractivity contribution in [1.82, 2.24) is 30.2 Å². The van der Waals surface area contributed by atoms with E-state index in [1.165, 1.54) is 5.56 Å². The number of hydrogen-bond acceptors (Lipinski definition) is 6.